The molecule has 1 fully saturated rings. The Morgan fingerprint density at radius 2 is 1.95 bits per heavy atom. The van der Waals surface area contributed by atoms with Crippen molar-refractivity contribution >= 4 is 22.8 Å². The summed E-state index contributed by atoms with van der Waals surface area (Å²) in [5.41, 5.74) is 6.92. The van der Waals surface area contributed by atoms with Gasteiger partial charge in [-0.2, -0.15) is 0 Å². The number of carbonyl (C=O) groups excluding carboxylic acids is 2. The van der Waals surface area contributed by atoms with Crippen molar-refractivity contribution in [3.05, 3.63) is 24.3 Å². The molecule has 7 nitrogen and oxygen atoms in total. The first-order chi connectivity index (χ1) is 10.1. The molecule has 2 aromatic rings. The van der Waals surface area contributed by atoms with Crippen LogP contribution in [0.4, 0.5) is 0 Å². The van der Waals surface area contributed by atoms with Crippen molar-refractivity contribution in [2.75, 3.05) is 13.1 Å². The first kappa shape index (κ1) is 13.5. The highest BCUT2D eigenvalue weighted by Crippen LogP contribution is 2.17. The molecule has 3 rings (SSSR count). The number of rotatable bonds is 3. The second-order valence-corrected chi connectivity index (χ2v) is 5.29. The van der Waals surface area contributed by atoms with Crippen LogP contribution in [0, 0.1) is 5.92 Å². The highest BCUT2D eigenvalue weighted by molar-refractivity contribution is 5.80. The number of amides is 2. The number of nitrogens with zero attached hydrogens (tertiary/aromatic N) is 4. The maximum absolute atomic E-state index is 12.3. The second kappa shape index (κ2) is 5.51. The van der Waals surface area contributed by atoms with Crippen LogP contribution in [0.5, 0.6) is 0 Å². The minimum atomic E-state index is -0.274. The maximum atomic E-state index is 12.3. The molecule has 21 heavy (non-hydrogen) atoms. The molecule has 0 spiro atoms. The van der Waals surface area contributed by atoms with E-state index in [9.17, 15) is 9.59 Å². The average molecular weight is 287 g/mol. The Hall–Kier alpha value is -2.44. The highest BCUT2D eigenvalue weighted by Gasteiger charge is 2.26. The largest absolute Gasteiger partial charge is 0.369 e. The molecule has 110 valence electrons. The van der Waals surface area contributed by atoms with Gasteiger partial charge in [0.15, 0.2) is 0 Å². The minimum absolute atomic E-state index is 0.00595. The zero-order valence-corrected chi connectivity index (χ0v) is 11.6. The Morgan fingerprint density at radius 3 is 2.67 bits per heavy atom. The maximum Gasteiger partial charge on any atom is 0.244 e. The predicted octanol–water partition coefficient (Wildman–Crippen LogP) is 0.155. The van der Waals surface area contributed by atoms with Gasteiger partial charge in [-0.05, 0) is 25.0 Å². The molecule has 1 aliphatic rings. The van der Waals surface area contributed by atoms with Gasteiger partial charge >= 0.3 is 0 Å². The van der Waals surface area contributed by atoms with Gasteiger partial charge in [-0.3, -0.25) is 9.59 Å². The number of primary amides is 1. The number of nitrogens with two attached hydrogens (primary N) is 1. The Morgan fingerprint density at radius 1 is 1.24 bits per heavy atom. The number of aromatic nitrogens is 3. The zero-order valence-electron chi connectivity index (χ0n) is 11.6. The summed E-state index contributed by atoms with van der Waals surface area (Å²) < 4.78 is 1.61. The molecule has 0 atom stereocenters. The van der Waals surface area contributed by atoms with E-state index in [0.717, 1.165) is 11.0 Å². The van der Waals surface area contributed by atoms with E-state index in [1.807, 2.05) is 24.3 Å². The van der Waals surface area contributed by atoms with Gasteiger partial charge in [0.1, 0.15) is 12.1 Å². The molecule has 0 unspecified atom stereocenters. The number of likely N-dealkylation sites (tertiary alicyclic amines) is 1. The third kappa shape index (κ3) is 2.72. The van der Waals surface area contributed by atoms with Crippen LogP contribution >= 0.6 is 0 Å². The first-order valence-electron chi connectivity index (χ1n) is 7.00. The summed E-state index contributed by atoms with van der Waals surface area (Å²) >= 11 is 0. The molecule has 1 aromatic heterocycles. The number of fused-ring (bicyclic) bond motifs is 1. The Labute approximate surface area is 121 Å². The molecule has 2 N–H and O–H groups in total. The second-order valence-electron chi connectivity index (χ2n) is 5.29. The van der Waals surface area contributed by atoms with Crippen LogP contribution in [0.1, 0.15) is 12.8 Å². The highest BCUT2D eigenvalue weighted by atomic mass is 16.2. The van der Waals surface area contributed by atoms with Crippen LogP contribution < -0.4 is 5.73 Å². The molecule has 0 saturated carbocycles. The van der Waals surface area contributed by atoms with E-state index in [4.69, 9.17) is 5.73 Å². The fourth-order valence-corrected chi connectivity index (χ4v) is 2.68. The van der Waals surface area contributed by atoms with Crippen LogP contribution in [0.15, 0.2) is 24.3 Å². The molecular formula is C14H17N5O2. The van der Waals surface area contributed by atoms with Gasteiger partial charge in [0, 0.05) is 19.0 Å². The summed E-state index contributed by atoms with van der Waals surface area (Å²) in [6, 6.07) is 7.53. The van der Waals surface area contributed by atoms with E-state index in [1.54, 1.807) is 9.58 Å². The summed E-state index contributed by atoms with van der Waals surface area (Å²) in [4.78, 5) is 25.2. The number of hydrogen-bond acceptors (Lipinski definition) is 4. The summed E-state index contributed by atoms with van der Waals surface area (Å²) in [6.07, 6.45) is 1.28. The monoisotopic (exact) mass is 287 g/mol. The Balaban J connectivity index is 1.66. The van der Waals surface area contributed by atoms with E-state index in [2.05, 4.69) is 10.3 Å². The lowest BCUT2D eigenvalue weighted by atomic mass is 9.96. The number of piperidine rings is 1. The molecule has 2 amide bonds. The molecule has 1 aromatic carbocycles. The summed E-state index contributed by atoms with van der Waals surface area (Å²) in [5, 5.41) is 8.05. The third-order valence-electron chi connectivity index (χ3n) is 3.96. The van der Waals surface area contributed by atoms with Crippen molar-refractivity contribution in [2.24, 2.45) is 11.7 Å². The normalized spacial score (nSPS) is 16.3. The van der Waals surface area contributed by atoms with E-state index in [-0.39, 0.29) is 24.3 Å². The van der Waals surface area contributed by atoms with Gasteiger partial charge < -0.3 is 10.6 Å². The van der Waals surface area contributed by atoms with Gasteiger partial charge in [0.05, 0.1) is 5.52 Å². The zero-order chi connectivity index (χ0) is 14.8. The van der Waals surface area contributed by atoms with Crippen LogP contribution in [0.3, 0.4) is 0 Å². The van der Waals surface area contributed by atoms with Gasteiger partial charge in [0.25, 0.3) is 0 Å². The molecule has 7 heteroatoms. The van der Waals surface area contributed by atoms with Gasteiger partial charge in [-0.15, -0.1) is 5.10 Å². The summed E-state index contributed by atoms with van der Waals surface area (Å²) in [6.45, 7) is 1.31. The fraction of sp³-hybridized carbons (Fsp3) is 0.429. The number of benzene rings is 1. The smallest absolute Gasteiger partial charge is 0.244 e. The van der Waals surface area contributed by atoms with Gasteiger partial charge in [-0.1, -0.05) is 17.3 Å². The first-order valence-corrected chi connectivity index (χ1v) is 7.00. The van der Waals surface area contributed by atoms with E-state index < -0.39 is 0 Å². The quantitative estimate of drug-likeness (QED) is 0.869. The standard InChI is InChI=1S/C14H17N5O2/c15-14(21)10-5-7-18(8-6-10)13(20)9-19-12-4-2-1-3-11(12)16-17-19/h1-4,10H,5-9H2,(H2,15,21). The van der Waals surface area contributed by atoms with Crippen LogP contribution in [-0.2, 0) is 16.1 Å². The topological polar surface area (TPSA) is 94.1 Å². The molecular weight excluding hydrogens is 270 g/mol. The molecule has 0 aliphatic carbocycles. The SMILES string of the molecule is NC(=O)C1CCN(C(=O)Cn2nnc3ccccc32)CC1. The number of para-hydroxylation sites is 1. The number of carbonyl (C=O) groups is 2. The van der Waals surface area contributed by atoms with Crippen molar-refractivity contribution in [1.82, 2.24) is 19.9 Å². The van der Waals surface area contributed by atoms with Crippen molar-refractivity contribution in [1.29, 1.82) is 0 Å². The molecule has 1 saturated heterocycles. The lowest BCUT2D eigenvalue weighted by Crippen LogP contribution is -2.43. The van der Waals surface area contributed by atoms with Crippen LogP contribution in [0.2, 0.25) is 0 Å². The minimum Gasteiger partial charge on any atom is -0.369 e. The lowest BCUT2D eigenvalue weighted by Gasteiger charge is -2.30. The average Bonchev–Trinajstić information content (AvgIpc) is 2.91. The van der Waals surface area contributed by atoms with Gasteiger partial charge in [-0.25, -0.2) is 4.68 Å². The van der Waals surface area contributed by atoms with E-state index in [0.29, 0.717) is 25.9 Å². The predicted molar refractivity (Wildman–Crippen MR) is 76.0 cm³/mol. The molecule has 0 bridgehead atoms. The molecule has 1 aliphatic heterocycles. The van der Waals surface area contributed by atoms with Crippen LogP contribution in [0.25, 0.3) is 11.0 Å². The fourth-order valence-electron chi connectivity index (χ4n) is 2.68. The van der Waals surface area contributed by atoms with E-state index >= 15 is 0 Å². The van der Waals surface area contributed by atoms with Crippen molar-refractivity contribution in [2.45, 2.75) is 19.4 Å². The van der Waals surface area contributed by atoms with Gasteiger partial charge in [0.2, 0.25) is 11.8 Å². The summed E-state index contributed by atoms with van der Waals surface area (Å²) in [5.74, 6) is -0.390. The Bertz CT molecular complexity index is 673. The van der Waals surface area contributed by atoms with Crippen LogP contribution in [-0.4, -0.2) is 44.8 Å². The number of hydrogen-bond donors (Lipinski definition) is 1. The lowest BCUT2D eigenvalue weighted by molar-refractivity contribution is -0.135. The van der Waals surface area contributed by atoms with Crippen molar-refractivity contribution in [3.8, 4) is 0 Å². The third-order valence-corrected chi connectivity index (χ3v) is 3.96. The molecule has 2 heterocycles. The van der Waals surface area contributed by atoms with E-state index in [1.165, 1.54) is 0 Å². The molecule has 0 radical (unpaired) electrons. The Kier molecular flexibility index (Phi) is 3.55. The van der Waals surface area contributed by atoms with Crippen molar-refractivity contribution in [3.63, 3.8) is 0 Å². The van der Waals surface area contributed by atoms with Crippen molar-refractivity contribution < 1.29 is 9.59 Å². The summed E-state index contributed by atoms with van der Waals surface area (Å²) in [7, 11) is 0.